The van der Waals surface area contributed by atoms with Crippen molar-refractivity contribution in [2.24, 2.45) is 0 Å². The van der Waals surface area contributed by atoms with Gasteiger partial charge in [-0.3, -0.25) is 14.3 Å². The zero-order valence-corrected chi connectivity index (χ0v) is 19.6. The van der Waals surface area contributed by atoms with Crippen molar-refractivity contribution in [3.05, 3.63) is 124 Å². The number of hydrogen-bond donors (Lipinski definition) is 2. The summed E-state index contributed by atoms with van der Waals surface area (Å²) in [6, 6.07) is 14.6. The number of carbonyl (C=O) groups is 1. The number of para-hydroxylation sites is 1. The van der Waals surface area contributed by atoms with E-state index in [1.807, 2.05) is 0 Å². The summed E-state index contributed by atoms with van der Waals surface area (Å²) in [5.41, 5.74) is -0.259. The third kappa shape index (κ3) is 6.72. The van der Waals surface area contributed by atoms with Gasteiger partial charge < -0.3 is 5.32 Å². The van der Waals surface area contributed by atoms with Crippen molar-refractivity contribution in [2.45, 2.75) is 12.4 Å². The van der Waals surface area contributed by atoms with Crippen molar-refractivity contribution >= 4 is 17.2 Å². The number of carbonyl (C=O) groups excluding carboxylic acids is 1. The van der Waals surface area contributed by atoms with Crippen LogP contribution in [-0.2, 0) is 17.1 Å². The number of allylic oxidation sites excluding steroid dienone is 2. The molecule has 0 atom stereocenters. The van der Waals surface area contributed by atoms with Crippen molar-refractivity contribution in [1.29, 1.82) is 0 Å². The van der Waals surface area contributed by atoms with E-state index in [1.54, 1.807) is 24.3 Å². The molecule has 0 saturated heterocycles. The van der Waals surface area contributed by atoms with Gasteiger partial charge in [0.25, 0.3) is 0 Å². The molecule has 0 aliphatic heterocycles. The second kappa shape index (κ2) is 10.9. The average Bonchev–Trinajstić information content (AvgIpc) is 3.32. The van der Waals surface area contributed by atoms with E-state index in [1.165, 1.54) is 36.4 Å². The molecule has 2 N–H and O–H groups in total. The Bertz CT molecular complexity index is 1520. The summed E-state index contributed by atoms with van der Waals surface area (Å²) >= 11 is 0. The number of alkyl halides is 6. The van der Waals surface area contributed by atoms with E-state index in [2.05, 4.69) is 20.0 Å². The Labute approximate surface area is 216 Å². The number of aromatic nitrogens is 2. The molecule has 200 valence electrons. The molecule has 6 nitrogen and oxygen atoms in total. The van der Waals surface area contributed by atoms with Gasteiger partial charge in [0.1, 0.15) is 0 Å². The van der Waals surface area contributed by atoms with Crippen LogP contribution in [0.2, 0.25) is 0 Å². The summed E-state index contributed by atoms with van der Waals surface area (Å²) in [6.45, 7) is 0. The van der Waals surface area contributed by atoms with E-state index in [0.717, 1.165) is 30.3 Å². The molecular weight excluding hydrogens is 528 g/mol. The molecule has 4 aromatic rings. The number of amides is 1. The zero-order valence-electron chi connectivity index (χ0n) is 19.6. The highest BCUT2D eigenvalue weighted by molar-refractivity contribution is 6.02. The van der Waals surface area contributed by atoms with Gasteiger partial charge in [-0.2, -0.15) is 26.3 Å². The summed E-state index contributed by atoms with van der Waals surface area (Å²) in [4.78, 5) is 26.2. The predicted molar refractivity (Wildman–Crippen MR) is 130 cm³/mol. The fourth-order valence-corrected chi connectivity index (χ4v) is 3.59. The van der Waals surface area contributed by atoms with Crippen LogP contribution < -0.4 is 11.1 Å². The van der Waals surface area contributed by atoms with Gasteiger partial charge in [-0.1, -0.05) is 53.7 Å². The molecule has 0 aliphatic carbocycles. The first-order chi connectivity index (χ1) is 18.4. The highest BCUT2D eigenvalue weighted by Gasteiger charge is 2.31. The highest BCUT2D eigenvalue weighted by Crippen LogP contribution is 2.33. The summed E-state index contributed by atoms with van der Waals surface area (Å²) in [5, 5.41) is 6.20. The number of halogens is 6. The minimum atomic E-state index is -4.57. The Morgan fingerprint density at radius 1 is 0.821 bits per heavy atom. The van der Waals surface area contributed by atoms with Crippen LogP contribution in [0.15, 0.2) is 100 Å². The minimum absolute atomic E-state index is 0.0895. The molecule has 0 aliphatic rings. The quantitative estimate of drug-likeness (QED) is 0.161. The fraction of sp³-hybridized carbons (Fsp3) is 0.0741. The van der Waals surface area contributed by atoms with E-state index >= 15 is 0 Å². The van der Waals surface area contributed by atoms with E-state index in [9.17, 15) is 35.9 Å². The van der Waals surface area contributed by atoms with Crippen LogP contribution in [0.3, 0.4) is 0 Å². The van der Waals surface area contributed by atoms with Crippen LogP contribution in [0.25, 0.3) is 17.0 Å². The summed E-state index contributed by atoms with van der Waals surface area (Å²) in [6.07, 6.45) is -5.31. The number of nitrogens with zero attached hydrogens (tertiary/aromatic N) is 1. The topological polar surface area (TPSA) is 88.0 Å². The van der Waals surface area contributed by atoms with Gasteiger partial charge in [0, 0.05) is 11.6 Å². The van der Waals surface area contributed by atoms with Crippen LogP contribution in [0.5, 0.6) is 0 Å². The Hall–Kier alpha value is -4.87. The molecule has 4 rings (SSSR count). The van der Waals surface area contributed by atoms with E-state index in [-0.39, 0.29) is 22.5 Å². The van der Waals surface area contributed by atoms with Gasteiger partial charge in [-0.05, 0) is 53.1 Å². The maximum Gasteiger partial charge on any atom is 0.439 e. The molecule has 0 fully saturated rings. The first-order valence-electron chi connectivity index (χ1n) is 11.1. The first-order valence-corrected chi connectivity index (χ1v) is 11.1. The summed E-state index contributed by atoms with van der Waals surface area (Å²) in [7, 11) is 0. The molecule has 0 radical (unpaired) electrons. The number of aromatic amines is 1. The van der Waals surface area contributed by atoms with Gasteiger partial charge >= 0.3 is 18.1 Å². The third-order valence-electron chi connectivity index (χ3n) is 5.44. The van der Waals surface area contributed by atoms with E-state index in [4.69, 9.17) is 0 Å². The number of anilines is 1. The maximum atomic E-state index is 13.0. The standard InChI is InChI=1S/C27H17F6N3O3/c28-26(29,30)18-12-8-16(9-13-18)20(17-10-14-19(15-11-17)27(31,32)33)5-3-7-23(37)34-22-6-2-1-4-21(22)24-35-25(38)39-36-24/h1-15H,(H,34,37)(H,35,36,38)/b7-3+. The van der Waals surface area contributed by atoms with Crippen LogP contribution in [-0.4, -0.2) is 16.0 Å². The molecule has 12 heteroatoms. The number of rotatable bonds is 6. The first kappa shape index (κ1) is 27.2. The van der Waals surface area contributed by atoms with Gasteiger partial charge in [0.2, 0.25) is 5.91 Å². The predicted octanol–water partition coefficient (Wildman–Crippen LogP) is 6.69. The van der Waals surface area contributed by atoms with Crippen molar-refractivity contribution in [3.8, 4) is 11.4 Å². The van der Waals surface area contributed by atoms with Crippen LogP contribution in [0, 0.1) is 0 Å². The molecular formula is C27H17F6N3O3. The number of nitrogens with one attached hydrogen (secondary N) is 2. The van der Waals surface area contributed by atoms with Gasteiger partial charge in [0.15, 0.2) is 5.82 Å². The van der Waals surface area contributed by atoms with Crippen LogP contribution >= 0.6 is 0 Å². The summed E-state index contributed by atoms with van der Waals surface area (Å²) < 4.78 is 82.5. The largest absolute Gasteiger partial charge is 0.439 e. The van der Waals surface area contributed by atoms with Crippen molar-refractivity contribution in [2.75, 3.05) is 5.32 Å². The monoisotopic (exact) mass is 545 g/mol. The smallest absolute Gasteiger partial charge is 0.322 e. The molecule has 0 spiro atoms. The lowest BCUT2D eigenvalue weighted by Gasteiger charge is -2.12. The third-order valence-corrected chi connectivity index (χ3v) is 5.44. The molecule has 1 heterocycles. The number of benzene rings is 3. The lowest BCUT2D eigenvalue weighted by Crippen LogP contribution is -2.09. The second-order valence-electron chi connectivity index (χ2n) is 8.07. The minimum Gasteiger partial charge on any atom is -0.322 e. The zero-order chi connectivity index (χ0) is 28.2. The summed E-state index contributed by atoms with van der Waals surface area (Å²) in [5.74, 6) is -1.30. The SMILES string of the molecule is O=C(/C=C/C=C(c1ccc(C(F)(F)F)cc1)c1ccc(C(F)(F)F)cc1)Nc1ccccc1-c1noc(=O)[nH]1. The number of H-pyrrole nitrogens is 1. The lowest BCUT2D eigenvalue weighted by molar-refractivity contribution is -0.138. The molecule has 1 amide bonds. The Morgan fingerprint density at radius 3 is 1.85 bits per heavy atom. The van der Waals surface area contributed by atoms with Crippen molar-refractivity contribution < 1.29 is 35.7 Å². The molecule has 0 unspecified atom stereocenters. The fourth-order valence-electron chi connectivity index (χ4n) is 3.59. The molecule has 1 aromatic heterocycles. The Kier molecular flexibility index (Phi) is 7.56. The molecule has 0 bridgehead atoms. The van der Waals surface area contributed by atoms with Gasteiger partial charge in [0.05, 0.1) is 16.8 Å². The normalized spacial score (nSPS) is 11.9. The second-order valence-corrected chi connectivity index (χ2v) is 8.07. The van der Waals surface area contributed by atoms with Crippen LogP contribution in [0.4, 0.5) is 32.0 Å². The van der Waals surface area contributed by atoms with Crippen molar-refractivity contribution in [3.63, 3.8) is 0 Å². The molecule has 39 heavy (non-hydrogen) atoms. The molecule has 3 aromatic carbocycles. The Morgan fingerprint density at radius 2 is 1.36 bits per heavy atom. The van der Waals surface area contributed by atoms with Gasteiger partial charge in [-0.15, -0.1) is 0 Å². The highest BCUT2D eigenvalue weighted by atomic mass is 19.4. The lowest BCUT2D eigenvalue weighted by atomic mass is 9.95. The average molecular weight is 545 g/mol. The Balaban J connectivity index is 1.63. The maximum absolute atomic E-state index is 13.0. The van der Waals surface area contributed by atoms with Crippen LogP contribution in [0.1, 0.15) is 22.3 Å². The van der Waals surface area contributed by atoms with Crippen molar-refractivity contribution in [1.82, 2.24) is 10.1 Å². The van der Waals surface area contributed by atoms with Gasteiger partial charge in [-0.25, -0.2) is 4.79 Å². The molecule has 0 saturated carbocycles. The van der Waals surface area contributed by atoms with E-state index in [0.29, 0.717) is 11.3 Å². The van der Waals surface area contributed by atoms with E-state index < -0.39 is 35.1 Å². The number of hydrogen-bond acceptors (Lipinski definition) is 4.